The molecule has 0 spiro atoms. The number of amides is 2. The Kier molecular flexibility index (Phi) is 6.23. The molecule has 1 aliphatic rings. The van der Waals surface area contributed by atoms with Crippen LogP contribution in [0.1, 0.15) is 37.1 Å². The van der Waals surface area contributed by atoms with E-state index in [9.17, 15) is 4.79 Å². The van der Waals surface area contributed by atoms with Crippen molar-refractivity contribution in [3.8, 4) is 0 Å². The second-order valence-corrected chi connectivity index (χ2v) is 6.98. The SMILES string of the molecule is O=C(NCc1ccc(Cl)cc1)NC1CCC(Cc2ncccn2)CC1. The third kappa shape index (κ3) is 5.71. The lowest BCUT2D eigenvalue weighted by atomic mass is 9.84. The number of benzene rings is 1. The third-order valence-corrected chi connectivity index (χ3v) is 4.89. The van der Waals surface area contributed by atoms with Crippen LogP contribution in [0.4, 0.5) is 4.79 Å². The first-order valence-electron chi connectivity index (χ1n) is 8.74. The summed E-state index contributed by atoms with van der Waals surface area (Å²) in [6, 6.07) is 9.47. The van der Waals surface area contributed by atoms with Crippen molar-refractivity contribution >= 4 is 17.6 Å². The van der Waals surface area contributed by atoms with Crippen LogP contribution in [-0.4, -0.2) is 22.0 Å². The highest BCUT2D eigenvalue weighted by molar-refractivity contribution is 6.30. The molecule has 0 atom stereocenters. The van der Waals surface area contributed by atoms with Crippen molar-refractivity contribution in [2.75, 3.05) is 0 Å². The zero-order chi connectivity index (χ0) is 17.5. The molecule has 0 unspecified atom stereocenters. The van der Waals surface area contributed by atoms with E-state index in [1.54, 1.807) is 12.4 Å². The average Bonchev–Trinajstić information content (AvgIpc) is 2.64. The molecule has 6 heteroatoms. The standard InChI is InChI=1S/C19H23ClN4O/c20-16-6-2-15(3-7-16)13-23-19(25)24-17-8-4-14(5-9-17)12-18-21-10-1-11-22-18/h1-3,6-7,10-11,14,17H,4-5,8-9,12-13H2,(H2,23,24,25). The van der Waals surface area contributed by atoms with Crippen LogP contribution < -0.4 is 10.6 Å². The molecule has 3 rings (SSSR count). The lowest BCUT2D eigenvalue weighted by Crippen LogP contribution is -2.43. The number of carbonyl (C=O) groups is 1. The first-order valence-corrected chi connectivity index (χ1v) is 9.11. The van der Waals surface area contributed by atoms with Gasteiger partial charge in [-0.3, -0.25) is 0 Å². The van der Waals surface area contributed by atoms with Gasteiger partial charge >= 0.3 is 6.03 Å². The molecule has 1 aliphatic carbocycles. The monoisotopic (exact) mass is 358 g/mol. The molecular weight excluding hydrogens is 336 g/mol. The van der Waals surface area contributed by atoms with Crippen LogP contribution in [0.2, 0.25) is 5.02 Å². The maximum absolute atomic E-state index is 12.1. The molecule has 2 aromatic rings. The molecule has 1 heterocycles. The molecule has 0 radical (unpaired) electrons. The number of halogens is 1. The molecule has 132 valence electrons. The van der Waals surface area contributed by atoms with E-state index in [2.05, 4.69) is 20.6 Å². The quantitative estimate of drug-likeness (QED) is 0.855. The van der Waals surface area contributed by atoms with Crippen molar-refractivity contribution in [2.45, 2.75) is 44.7 Å². The van der Waals surface area contributed by atoms with Gasteiger partial charge in [-0.1, -0.05) is 23.7 Å². The number of aromatic nitrogens is 2. The second kappa shape index (κ2) is 8.81. The van der Waals surface area contributed by atoms with E-state index in [-0.39, 0.29) is 12.1 Å². The fourth-order valence-corrected chi connectivity index (χ4v) is 3.35. The normalized spacial score (nSPS) is 20.0. The highest BCUT2D eigenvalue weighted by Gasteiger charge is 2.23. The lowest BCUT2D eigenvalue weighted by molar-refractivity contribution is 0.226. The fraction of sp³-hybridized carbons (Fsp3) is 0.421. The summed E-state index contributed by atoms with van der Waals surface area (Å²) in [6.45, 7) is 0.504. The Balaban J connectivity index is 1.36. The molecule has 2 N–H and O–H groups in total. The van der Waals surface area contributed by atoms with E-state index < -0.39 is 0 Å². The number of hydrogen-bond donors (Lipinski definition) is 2. The Bertz CT molecular complexity index is 670. The van der Waals surface area contributed by atoms with Crippen molar-refractivity contribution in [3.05, 3.63) is 59.1 Å². The van der Waals surface area contributed by atoms with E-state index in [0.29, 0.717) is 17.5 Å². The lowest BCUT2D eigenvalue weighted by Gasteiger charge is -2.28. The van der Waals surface area contributed by atoms with Crippen LogP contribution in [-0.2, 0) is 13.0 Å². The summed E-state index contributed by atoms with van der Waals surface area (Å²) in [5, 5.41) is 6.68. The Morgan fingerprint density at radius 3 is 2.44 bits per heavy atom. The van der Waals surface area contributed by atoms with E-state index in [4.69, 9.17) is 11.6 Å². The molecule has 2 amide bonds. The van der Waals surface area contributed by atoms with E-state index in [0.717, 1.165) is 43.5 Å². The average molecular weight is 359 g/mol. The Labute approximate surface area is 153 Å². The van der Waals surface area contributed by atoms with Gasteiger partial charge in [0.25, 0.3) is 0 Å². The van der Waals surface area contributed by atoms with Crippen molar-refractivity contribution in [3.63, 3.8) is 0 Å². The van der Waals surface area contributed by atoms with Gasteiger partial charge in [0, 0.05) is 36.4 Å². The molecule has 0 saturated heterocycles. The van der Waals surface area contributed by atoms with E-state index in [1.807, 2.05) is 30.3 Å². The number of nitrogens with one attached hydrogen (secondary N) is 2. The number of hydrogen-bond acceptors (Lipinski definition) is 3. The molecule has 1 fully saturated rings. The van der Waals surface area contributed by atoms with Gasteiger partial charge in [0.2, 0.25) is 0 Å². The summed E-state index contributed by atoms with van der Waals surface area (Å²) in [5.74, 6) is 1.53. The molecule has 5 nitrogen and oxygen atoms in total. The summed E-state index contributed by atoms with van der Waals surface area (Å²) < 4.78 is 0. The van der Waals surface area contributed by atoms with Crippen LogP contribution in [0, 0.1) is 5.92 Å². The number of carbonyl (C=O) groups excluding carboxylic acids is 1. The first-order chi connectivity index (χ1) is 12.2. The zero-order valence-corrected chi connectivity index (χ0v) is 14.9. The molecule has 0 bridgehead atoms. The van der Waals surface area contributed by atoms with Gasteiger partial charge in [0.15, 0.2) is 0 Å². The van der Waals surface area contributed by atoms with Crippen LogP contribution in [0.25, 0.3) is 0 Å². The van der Waals surface area contributed by atoms with E-state index >= 15 is 0 Å². The zero-order valence-electron chi connectivity index (χ0n) is 14.1. The summed E-state index contributed by atoms with van der Waals surface area (Å²) in [5.41, 5.74) is 1.03. The minimum absolute atomic E-state index is 0.107. The van der Waals surface area contributed by atoms with Crippen LogP contribution in [0.15, 0.2) is 42.7 Å². The molecule has 1 saturated carbocycles. The minimum Gasteiger partial charge on any atom is -0.335 e. The Morgan fingerprint density at radius 2 is 1.76 bits per heavy atom. The Hall–Kier alpha value is -2.14. The van der Waals surface area contributed by atoms with Crippen molar-refractivity contribution < 1.29 is 4.79 Å². The van der Waals surface area contributed by atoms with Gasteiger partial charge in [-0.25, -0.2) is 14.8 Å². The first kappa shape index (κ1) is 17.7. The largest absolute Gasteiger partial charge is 0.335 e. The van der Waals surface area contributed by atoms with Gasteiger partial charge in [-0.05, 0) is 55.4 Å². The number of nitrogens with zero attached hydrogens (tertiary/aromatic N) is 2. The molecule has 25 heavy (non-hydrogen) atoms. The summed E-state index contributed by atoms with van der Waals surface area (Å²) in [4.78, 5) is 20.7. The fourth-order valence-electron chi connectivity index (χ4n) is 3.23. The van der Waals surface area contributed by atoms with Crippen LogP contribution in [0.5, 0.6) is 0 Å². The summed E-state index contributed by atoms with van der Waals surface area (Å²) in [6.07, 6.45) is 8.72. The second-order valence-electron chi connectivity index (χ2n) is 6.54. The van der Waals surface area contributed by atoms with Crippen molar-refractivity contribution in [1.82, 2.24) is 20.6 Å². The van der Waals surface area contributed by atoms with Gasteiger partial charge < -0.3 is 10.6 Å². The topological polar surface area (TPSA) is 66.9 Å². The minimum atomic E-state index is -0.107. The maximum atomic E-state index is 12.1. The number of urea groups is 1. The number of rotatable bonds is 5. The van der Waals surface area contributed by atoms with Crippen LogP contribution in [0.3, 0.4) is 0 Å². The van der Waals surface area contributed by atoms with Gasteiger partial charge in [0.05, 0.1) is 0 Å². The Morgan fingerprint density at radius 1 is 1.08 bits per heavy atom. The maximum Gasteiger partial charge on any atom is 0.315 e. The molecule has 1 aromatic heterocycles. The van der Waals surface area contributed by atoms with Crippen LogP contribution >= 0.6 is 11.6 Å². The molecular formula is C19H23ClN4O. The van der Waals surface area contributed by atoms with Crippen molar-refractivity contribution in [2.24, 2.45) is 5.92 Å². The highest BCUT2D eigenvalue weighted by atomic mass is 35.5. The van der Waals surface area contributed by atoms with Gasteiger partial charge in [-0.15, -0.1) is 0 Å². The summed E-state index contributed by atoms with van der Waals surface area (Å²) in [7, 11) is 0. The van der Waals surface area contributed by atoms with Gasteiger partial charge in [0.1, 0.15) is 5.82 Å². The molecule has 1 aromatic carbocycles. The molecule has 0 aliphatic heterocycles. The van der Waals surface area contributed by atoms with E-state index in [1.165, 1.54) is 0 Å². The predicted octanol–water partition coefficient (Wildman–Crippen LogP) is 3.73. The van der Waals surface area contributed by atoms with Crippen molar-refractivity contribution in [1.29, 1.82) is 0 Å². The van der Waals surface area contributed by atoms with Gasteiger partial charge in [-0.2, -0.15) is 0 Å². The smallest absolute Gasteiger partial charge is 0.315 e. The highest BCUT2D eigenvalue weighted by Crippen LogP contribution is 2.26. The third-order valence-electron chi connectivity index (χ3n) is 4.64. The predicted molar refractivity (Wildman–Crippen MR) is 98.3 cm³/mol. The summed E-state index contributed by atoms with van der Waals surface area (Å²) >= 11 is 5.86.